The molecule has 1 nitrogen and oxygen atoms in total. The Bertz CT molecular complexity index is 410. The van der Waals surface area contributed by atoms with Crippen LogP contribution < -0.4 is 4.74 Å². The van der Waals surface area contributed by atoms with Gasteiger partial charge in [0, 0.05) is 5.56 Å². The molecule has 0 aromatic heterocycles. The SMILES string of the molecule is COc1c(C(C)C(C)C)cc(C)cc1C(C)(C)C. The van der Waals surface area contributed by atoms with E-state index in [0.717, 1.165) is 5.75 Å². The average Bonchev–Trinajstić information content (AvgIpc) is 2.25. The summed E-state index contributed by atoms with van der Waals surface area (Å²) in [6, 6.07) is 4.54. The highest BCUT2D eigenvalue weighted by Gasteiger charge is 2.24. The Labute approximate surface area is 113 Å². The summed E-state index contributed by atoms with van der Waals surface area (Å²) in [6.07, 6.45) is 0. The molecule has 1 atom stereocenters. The van der Waals surface area contributed by atoms with Crippen LogP contribution in [0.2, 0.25) is 0 Å². The van der Waals surface area contributed by atoms with E-state index in [1.54, 1.807) is 7.11 Å². The Morgan fingerprint density at radius 3 is 2.00 bits per heavy atom. The number of rotatable bonds is 3. The summed E-state index contributed by atoms with van der Waals surface area (Å²) in [7, 11) is 1.79. The van der Waals surface area contributed by atoms with Crippen LogP contribution in [0.15, 0.2) is 12.1 Å². The summed E-state index contributed by atoms with van der Waals surface area (Å²) in [5, 5.41) is 0. The molecule has 1 heteroatoms. The van der Waals surface area contributed by atoms with Gasteiger partial charge in [-0.25, -0.2) is 0 Å². The highest BCUT2D eigenvalue weighted by Crippen LogP contribution is 2.40. The van der Waals surface area contributed by atoms with E-state index in [4.69, 9.17) is 4.74 Å². The number of hydrogen-bond acceptors (Lipinski definition) is 1. The molecule has 0 bridgehead atoms. The third-order valence-electron chi connectivity index (χ3n) is 3.76. The van der Waals surface area contributed by atoms with Gasteiger partial charge in [-0.3, -0.25) is 0 Å². The number of hydrogen-bond donors (Lipinski definition) is 0. The smallest absolute Gasteiger partial charge is 0.126 e. The van der Waals surface area contributed by atoms with E-state index < -0.39 is 0 Å². The van der Waals surface area contributed by atoms with Crippen molar-refractivity contribution in [1.29, 1.82) is 0 Å². The van der Waals surface area contributed by atoms with Crippen LogP contribution in [-0.2, 0) is 5.41 Å². The van der Waals surface area contributed by atoms with E-state index >= 15 is 0 Å². The van der Waals surface area contributed by atoms with Crippen molar-refractivity contribution in [2.24, 2.45) is 5.92 Å². The normalized spacial score (nSPS) is 13.8. The van der Waals surface area contributed by atoms with Crippen molar-refractivity contribution in [3.05, 3.63) is 28.8 Å². The van der Waals surface area contributed by atoms with Crippen molar-refractivity contribution in [2.45, 2.75) is 59.8 Å². The van der Waals surface area contributed by atoms with Crippen LogP contribution in [0.25, 0.3) is 0 Å². The molecule has 0 amide bonds. The Morgan fingerprint density at radius 1 is 1.06 bits per heavy atom. The monoisotopic (exact) mass is 248 g/mol. The molecule has 0 saturated carbocycles. The van der Waals surface area contributed by atoms with Gasteiger partial charge in [-0.2, -0.15) is 0 Å². The molecule has 18 heavy (non-hydrogen) atoms. The quantitative estimate of drug-likeness (QED) is 0.726. The molecule has 102 valence electrons. The van der Waals surface area contributed by atoms with Gasteiger partial charge in [0.05, 0.1) is 7.11 Å². The average molecular weight is 248 g/mol. The van der Waals surface area contributed by atoms with Crippen molar-refractivity contribution in [1.82, 2.24) is 0 Å². The van der Waals surface area contributed by atoms with Gasteiger partial charge in [-0.05, 0) is 29.7 Å². The first-order valence-electron chi connectivity index (χ1n) is 6.87. The standard InChI is InChI=1S/C17H28O/c1-11(2)13(4)14-9-12(3)10-15(16(14)18-8)17(5,6)7/h9-11,13H,1-8H3. The first-order chi connectivity index (χ1) is 8.18. The predicted molar refractivity (Wildman–Crippen MR) is 79.7 cm³/mol. The Morgan fingerprint density at radius 2 is 1.61 bits per heavy atom. The van der Waals surface area contributed by atoms with Gasteiger partial charge in [-0.15, -0.1) is 0 Å². The lowest BCUT2D eigenvalue weighted by molar-refractivity contribution is 0.383. The molecule has 0 aliphatic carbocycles. The molecule has 0 heterocycles. The minimum absolute atomic E-state index is 0.114. The van der Waals surface area contributed by atoms with E-state index in [-0.39, 0.29) is 5.41 Å². The largest absolute Gasteiger partial charge is 0.496 e. The lowest BCUT2D eigenvalue weighted by Gasteiger charge is -2.28. The van der Waals surface area contributed by atoms with E-state index in [0.29, 0.717) is 11.8 Å². The highest BCUT2D eigenvalue weighted by atomic mass is 16.5. The van der Waals surface area contributed by atoms with Gasteiger partial charge in [0.15, 0.2) is 0 Å². The first-order valence-corrected chi connectivity index (χ1v) is 6.87. The Hall–Kier alpha value is -0.980. The molecular weight excluding hydrogens is 220 g/mol. The second-order valence-electron chi connectivity index (χ2n) is 6.72. The van der Waals surface area contributed by atoms with Crippen LogP contribution in [0.4, 0.5) is 0 Å². The van der Waals surface area contributed by atoms with Crippen molar-refractivity contribution in [3.8, 4) is 5.75 Å². The third kappa shape index (κ3) is 3.07. The van der Waals surface area contributed by atoms with Crippen molar-refractivity contribution >= 4 is 0 Å². The van der Waals surface area contributed by atoms with Crippen LogP contribution in [0.1, 0.15) is 64.2 Å². The van der Waals surface area contributed by atoms with Crippen molar-refractivity contribution in [3.63, 3.8) is 0 Å². The van der Waals surface area contributed by atoms with Gasteiger partial charge in [0.1, 0.15) is 5.75 Å². The number of methoxy groups -OCH3 is 1. The second-order valence-corrected chi connectivity index (χ2v) is 6.72. The minimum Gasteiger partial charge on any atom is -0.496 e. The van der Waals surface area contributed by atoms with Crippen LogP contribution >= 0.6 is 0 Å². The number of aryl methyl sites for hydroxylation is 1. The summed E-state index contributed by atoms with van der Waals surface area (Å²) in [6.45, 7) is 15.7. The highest BCUT2D eigenvalue weighted by molar-refractivity contribution is 5.49. The van der Waals surface area contributed by atoms with Crippen LogP contribution in [-0.4, -0.2) is 7.11 Å². The summed E-state index contributed by atoms with van der Waals surface area (Å²) in [5.41, 5.74) is 4.09. The number of ether oxygens (including phenoxy) is 1. The molecule has 1 rings (SSSR count). The van der Waals surface area contributed by atoms with Gasteiger partial charge in [0.2, 0.25) is 0 Å². The fourth-order valence-electron chi connectivity index (χ4n) is 2.28. The number of benzene rings is 1. The van der Waals surface area contributed by atoms with Crippen molar-refractivity contribution < 1.29 is 4.74 Å². The van der Waals surface area contributed by atoms with Crippen molar-refractivity contribution in [2.75, 3.05) is 7.11 Å². The molecule has 0 aliphatic heterocycles. The topological polar surface area (TPSA) is 9.23 Å². The minimum atomic E-state index is 0.114. The summed E-state index contributed by atoms with van der Waals surface area (Å²) in [5.74, 6) is 2.21. The molecule has 1 aromatic rings. The van der Waals surface area contributed by atoms with E-state index in [1.807, 2.05) is 0 Å². The Kier molecular flexibility index (Phi) is 4.47. The summed E-state index contributed by atoms with van der Waals surface area (Å²) >= 11 is 0. The van der Waals surface area contributed by atoms with Gasteiger partial charge < -0.3 is 4.74 Å². The molecule has 0 fully saturated rings. The van der Waals surface area contributed by atoms with Crippen LogP contribution in [0, 0.1) is 12.8 Å². The molecule has 0 aliphatic rings. The van der Waals surface area contributed by atoms with Gasteiger partial charge in [0.25, 0.3) is 0 Å². The first kappa shape index (κ1) is 15.1. The maximum Gasteiger partial charge on any atom is 0.126 e. The maximum atomic E-state index is 5.73. The fourth-order valence-corrected chi connectivity index (χ4v) is 2.28. The van der Waals surface area contributed by atoms with Gasteiger partial charge in [-0.1, -0.05) is 59.2 Å². The van der Waals surface area contributed by atoms with Gasteiger partial charge >= 0.3 is 0 Å². The molecule has 0 radical (unpaired) electrons. The molecule has 0 spiro atoms. The van der Waals surface area contributed by atoms with Crippen LogP contribution in [0.3, 0.4) is 0 Å². The van der Waals surface area contributed by atoms with E-state index in [1.165, 1.54) is 16.7 Å². The maximum absolute atomic E-state index is 5.73. The summed E-state index contributed by atoms with van der Waals surface area (Å²) in [4.78, 5) is 0. The zero-order valence-electron chi connectivity index (χ0n) is 13.2. The predicted octanol–water partition coefficient (Wildman–Crippen LogP) is 5.06. The Balaban J connectivity index is 3.48. The molecular formula is C17H28O. The molecule has 1 aromatic carbocycles. The third-order valence-corrected chi connectivity index (χ3v) is 3.76. The lowest BCUT2D eigenvalue weighted by Crippen LogP contribution is -2.16. The second kappa shape index (κ2) is 5.34. The molecule has 0 saturated heterocycles. The van der Waals surface area contributed by atoms with E-state index in [9.17, 15) is 0 Å². The summed E-state index contributed by atoms with van der Waals surface area (Å²) < 4.78 is 5.73. The molecule has 1 unspecified atom stereocenters. The van der Waals surface area contributed by atoms with E-state index in [2.05, 4.69) is 60.6 Å². The zero-order valence-corrected chi connectivity index (χ0v) is 13.2. The fraction of sp³-hybridized carbons (Fsp3) is 0.647. The molecule has 0 N–H and O–H groups in total. The zero-order chi connectivity index (χ0) is 14.1. The lowest BCUT2D eigenvalue weighted by atomic mass is 9.80. The van der Waals surface area contributed by atoms with Crippen LogP contribution in [0.5, 0.6) is 5.75 Å².